The molecular formula is C9H12N2O3. The van der Waals surface area contributed by atoms with Gasteiger partial charge in [0.25, 0.3) is 0 Å². The van der Waals surface area contributed by atoms with Gasteiger partial charge in [0.1, 0.15) is 0 Å². The van der Waals surface area contributed by atoms with Crippen molar-refractivity contribution in [2.24, 2.45) is 5.16 Å². The van der Waals surface area contributed by atoms with Crippen LogP contribution in [-0.4, -0.2) is 25.6 Å². The summed E-state index contributed by atoms with van der Waals surface area (Å²) in [5, 5.41) is 11.3. The SMILES string of the molecule is COc1ccc(C=NO)c(N)c1OC. The van der Waals surface area contributed by atoms with Gasteiger partial charge in [-0.05, 0) is 12.1 Å². The molecule has 0 aromatic heterocycles. The van der Waals surface area contributed by atoms with Crippen LogP contribution < -0.4 is 15.2 Å². The fourth-order valence-corrected chi connectivity index (χ4v) is 1.14. The van der Waals surface area contributed by atoms with Crippen molar-refractivity contribution in [3.8, 4) is 11.5 Å². The highest BCUT2D eigenvalue weighted by Crippen LogP contribution is 2.34. The third kappa shape index (κ3) is 1.71. The Kier molecular flexibility index (Phi) is 3.17. The van der Waals surface area contributed by atoms with E-state index in [2.05, 4.69) is 5.16 Å². The molecule has 0 aliphatic carbocycles. The molecule has 0 heterocycles. The van der Waals surface area contributed by atoms with Gasteiger partial charge in [0.2, 0.25) is 0 Å². The van der Waals surface area contributed by atoms with Crippen molar-refractivity contribution < 1.29 is 14.7 Å². The lowest BCUT2D eigenvalue weighted by Crippen LogP contribution is -2.00. The summed E-state index contributed by atoms with van der Waals surface area (Å²) in [7, 11) is 3.02. The Morgan fingerprint density at radius 1 is 1.36 bits per heavy atom. The van der Waals surface area contributed by atoms with Crippen LogP contribution in [0.4, 0.5) is 5.69 Å². The minimum atomic E-state index is 0.379. The predicted octanol–water partition coefficient (Wildman–Crippen LogP) is 1.09. The Balaban J connectivity index is 3.27. The Morgan fingerprint density at radius 3 is 2.57 bits per heavy atom. The first-order valence-electron chi connectivity index (χ1n) is 3.92. The second-order valence-electron chi connectivity index (χ2n) is 2.55. The van der Waals surface area contributed by atoms with E-state index in [-0.39, 0.29) is 0 Å². The van der Waals surface area contributed by atoms with Gasteiger partial charge in [0, 0.05) is 5.56 Å². The summed E-state index contributed by atoms with van der Waals surface area (Å²) in [5.41, 5.74) is 6.70. The molecule has 1 aromatic rings. The fourth-order valence-electron chi connectivity index (χ4n) is 1.14. The highest BCUT2D eigenvalue weighted by molar-refractivity contribution is 5.89. The van der Waals surface area contributed by atoms with Gasteiger partial charge in [-0.1, -0.05) is 5.16 Å². The molecule has 0 saturated carbocycles. The van der Waals surface area contributed by atoms with E-state index in [0.717, 1.165) is 0 Å². The maximum atomic E-state index is 8.38. The molecule has 5 heteroatoms. The van der Waals surface area contributed by atoms with Crippen molar-refractivity contribution in [3.05, 3.63) is 17.7 Å². The number of ether oxygens (including phenoxy) is 2. The molecule has 0 bridgehead atoms. The van der Waals surface area contributed by atoms with Gasteiger partial charge in [0.15, 0.2) is 11.5 Å². The van der Waals surface area contributed by atoms with E-state index in [1.54, 1.807) is 12.1 Å². The summed E-state index contributed by atoms with van der Waals surface area (Å²) in [6.07, 6.45) is 1.23. The van der Waals surface area contributed by atoms with E-state index in [1.807, 2.05) is 0 Å². The highest BCUT2D eigenvalue weighted by Gasteiger charge is 2.10. The zero-order valence-electron chi connectivity index (χ0n) is 8.02. The molecule has 0 amide bonds. The Labute approximate surface area is 81.7 Å². The monoisotopic (exact) mass is 196 g/mol. The number of hydrogen-bond donors (Lipinski definition) is 2. The standard InChI is InChI=1S/C9H12N2O3/c1-13-7-4-3-6(5-11-12)8(10)9(7)14-2/h3-5,12H,10H2,1-2H3. The number of rotatable bonds is 3. The highest BCUT2D eigenvalue weighted by atomic mass is 16.5. The normalized spacial score (nSPS) is 10.4. The maximum absolute atomic E-state index is 8.38. The molecule has 0 aliphatic heterocycles. The van der Waals surface area contributed by atoms with E-state index < -0.39 is 0 Å². The Hall–Kier alpha value is -1.91. The lowest BCUT2D eigenvalue weighted by molar-refractivity contribution is 0.322. The second kappa shape index (κ2) is 4.36. The number of benzene rings is 1. The number of anilines is 1. The van der Waals surface area contributed by atoms with E-state index in [9.17, 15) is 0 Å². The van der Waals surface area contributed by atoms with Crippen LogP contribution in [-0.2, 0) is 0 Å². The molecule has 0 spiro atoms. The van der Waals surface area contributed by atoms with Crippen LogP contribution in [0, 0.1) is 0 Å². The minimum Gasteiger partial charge on any atom is -0.493 e. The summed E-state index contributed by atoms with van der Waals surface area (Å²) < 4.78 is 10.1. The van der Waals surface area contributed by atoms with Crippen LogP contribution in [0.1, 0.15) is 5.56 Å². The van der Waals surface area contributed by atoms with Crippen molar-refractivity contribution >= 4 is 11.9 Å². The number of oxime groups is 1. The molecule has 0 unspecified atom stereocenters. The van der Waals surface area contributed by atoms with Crippen LogP contribution in [0.5, 0.6) is 11.5 Å². The molecule has 0 saturated heterocycles. The summed E-state index contributed by atoms with van der Waals surface area (Å²) in [5.74, 6) is 0.977. The quantitative estimate of drug-likeness (QED) is 0.328. The molecule has 5 nitrogen and oxygen atoms in total. The van der Waals surface area contributed by atoms with Crippen LogP contribution in [0.25, 0.3) is 0 Å². The van der Waals surface area contributed by atoms with Gasteiger partial charge in [-0.15, -0.1) is 0 Å². The second-order valence-corrected chi connectivity index (χ2v) is 2.55. The molecule has 0 fully saturated rings. The van der Waals surface area contributed by atoms with Crippen LogP contribution in [0.3, 0.4) is 0 Å². The molecule has 3 N–H and O–H groups in total. The minimum absolute atomic E-state index is 0.379. The summed E-state index contributed by atoms with van der Waals surface area (Å²) in [6, 6.07) is 3.36. The van der Waals surface area contributed by atoms with Crippen molar-refractivity contribution in [1.29, 1.82) is 0 Å². The third-order valence-corrected chi connectivity index (χ3v) is 1.81. The van der Waals surface area contributed by atoms with Crippen molar-refractivity contribution in [1.82, 2.24) is 0 Å². The third-order valence-electron chi connectivity index (χ3n) is 1.81. The molecule has 1 aromatic carbocycles. The number of nitrogens with zero attached hydrogens (tertiary/aromatic N) is 1. The summed E-state index contributed by atoms with van der Waals surface area (Å²) in [6.45, 7) is 0. The molecule has 0 aliphatic rings. The molecule has 0 radical (unpaired) electrons. The number of nitrogens with two attached hydrogens (primary N) is 1. The lowest BCUT2D eigenvalue weighted by atomic mass is 10.1. The predicted molar refractivity (Wildman–Crippen MR) is 53.3 cm³/mol. The first-order chi connectivity index (χ1) is 6.74. The fraction of sp³-hybridized carbons (Fsp3) is 0.222. The zero-order chi connectivity index (χ0) is 10.6. The van der Waals surface area contributed by atoms with Crippen molar-refractivity contribution in [2.45, 2.75) is 0 Å². The van der Waals surface area contributed by atoms with Gasteiger partial charge < -0.3 is 20.4 Å². The smallest absolute Gasteiger partial charge is 0.184 e. The van der Waals surface area contributed by atoms with Crippen molar-refractivity contribution in [3.63, 3.8) is 0 Å². The first kappa shape index (κ1) is 10.2. The van der Waals surface area contributed by atoms with Gasteiger partial charge in [-0.3, -0.25) is 0 Å². The van der Waals surface area contributed by atoms with Gasteiger partial charge >= 0.3 is 0 Å². The van der Waals surface area contributed by atoms with Crippen LogP contribution in [0.15, 0.2) is 17.3 Å². The van der Waals surface area contributed by atoms with Crippen LogP contribution >= 0.6 is 0 Å². The van der Waals surface area contributed by atoms with E-state index in [0.29, 0.717) is 22.7 Å². The maximum Gasteiger partial charge on any atom is 0.184 e. The largest absolute Gasteiger partial charge is 0.493 e. The van der Waals surface area contributed by atoms with E-state index >= 15 is 0 Å². The van der Waals surface area contributed by atoms with Gasteiger partial charge in [0.05, 0.1) is 26.1 Å². The lowest BCUT2D eigenvalue weighted by Gasteiger charge is -2.11. The average molecular weight is 196 g/mol. The molecule has 76 valence electrons. The molecule has 14 heavy (non-hydrogen) atoms. The summed E-state index contributed by atoms with van der Waals surface area (Å²) >= 11 is 0. The van der Waals surface area contributed by atoms with Crippen LogP contribution in [0.2, 0.25) is 0 Å². The molecule has 1 rings (SSSR count). The molecule has 0 atom stereocenters. The van der Waals surface area contributed by atoms with E-state index in [1.165, 1.54) is 20.4 Å². The Bertz CT molecular complexity index is 350. The molecular weight excluding hydrogens is 184 g/mol. The van der Waals surface area contributed by atoms with Crippen molar-refractivity contribution in [2.75, 3.05) is 20.0 Å². The number of methoxy groups -OCH3 is 2. The van der Waals surface area contributed by atoms with Gasteiger partial charge in [-0.2, -0.15) is 0 Å². The summed E-state index contributed by atoms with van der Waals surface area (Å²) in [4.78, 5) is 0. The Morgan fingerprint density at radius 2 is 2.07 bits per heavy atom. The number of nitrogen functional groups attached to an aromatic ring is 1. The number of hydrogen-bond acceptors (Lipinski definition) is 5. The topological polar surface area (TPSA) is 77.1 Å². The van der Waals surface area contributed by atoms with Gasteiger partial charge in [-0.25, -0.2) is 0 Å². The first-order valence-corrected chi connectivity index (χ1v) is 3.92. The average Bonchev–Trinajstić information content (AvgIpc) is 2.21. The zero-order valence-corrected chi connectivity index (χ0v) is 8.02. The van der Waals surface area contributed by atoms with E-state index in [4.69, 9.17) is 20.4 Å².